The van der Waals surface area contributed by atoms with Crippen molar-refractivity contribution in [1.82, 2.24) is 20.0 Å². The zero-order valence-corrected chi connectivity index (χ0v) is 13.4. The van der Waals surface area contributed by atoms with Crippen molar-refractivity contribution in [2.24, 2.45) is 0 Å². The van der Waals surface area contributed by atoms with E-state index in [1.165, 1.54) is 19.3 Å². The van der Waals surface area contributed by atoms with Crippen LogP contribution >= 0.6 is 0 Å². The quantitative estimate of drug-likeness (QED) is 0.848. The Balaban J connectivity index is 1.54. The van der Waals surface area contributed by atoms with Crippen LogP contribution in [-0.4, -0.2) is 39.0 Å². The lowest BCUT2D eigenvalue weighted by molar-refractivity contribution is -0.132. The number of pyridine rings is 1. The second kappa shape index (κ2) is 7.35. The third kappa shape index (κ3) is 3.94. The molecule has 1 amide bonds. The predicted molar refractivity (Wildman–Crippen MR) is 85.5 cm³/mol. The first-order valence-corrected chi connectivity index (χ1v) is 8.22. The molecule has 122 valence electrons. The lowest BCUT2D eigenvalue weighted by Crippen LogP contribution is -2.38. The molecule has 0 aliphatic heterocycles. The highest BCUT2D eigenvalue weighted by Gasteiger charge is 2.22. The number of aryl methyl sites for hydroxylation is 1. The molecular formula is C17H22N4O2. The zero-order chi connectivity index (χ0) is 16.1. The van der Waals surface area contributed by atoms with Crippen LogP contribution in [0.3, 0.4) is 0 Å². The molecule has 6 heteroatoms. The van der Waals surface area contributed by atoms with Gasteiger partial charge in [-0.05, 0) is 25.0 Å². The van der Waals surface area contributed by atoms with Gasteiger partial charge in [-0.15, -0.1) is 0 Å². The molecule has 6 nitrogen and oxygen atoms in total. The number of carbonyl (C=O) groups excluding carboxylic acids is 1. The van der Waals surface area contributed by atoms with E-state index in [9.17, 15) is 4.79 Å². The first kappa shape index (κ1) is 15.6. The number of hydrogen-bond donors (Lipinski definition) is 0. The second-order valence-electron chi connectivity index (χ2n) is 6.04. The Morgan fingerprint density at radius 3 is 2.74 bits per heavy atom. The summed E-state index contributed by atoms with van der Waals surface area (Å²) in [6.45, 7) is 0. The molecule has 0 spiro atoms. The van der Waals surface area contributed by atoms with Crippen LogP contribution in [0.15, 0.2) is 29.0 Å². The van der Waals surface area contributed by atoms with E-state index in [4.69, 9.17) is 4.52 Å². The number of hydrogen-bond acceptors (Lipinski definition) is 5. The number of amides is 1. The van der Waals surface area contributed by atoms with Gasteiger partial charge in [-0.25, -0.2) is 0 Å². The fourth-order valence-corrected chi connectivity index (χ4v) is 3.04. The summed E-state index contributed by atoms with van der Waals surface area (Å²) in [4.78, 5) is 22.5. The number of nitrogens with zero attached hydrogens (tertiary/aromatic N) is 4. The summed E-state index contributed by atoms with van der Waals surface area (Å²) in [7, 11) is 1.91. The molecule has 0 N–H and O–H groups in total. The van der Waals surface area contributed by atoms with E-state index in [0.717, 1.165) is 18.4 Å². The van der Waals surface area contributed by atoms with Crippen molar-refractivity contribution < 1.29 is 9.32 Å². The van der Waals surface area contributed by atoms with Crippen LogP contribution in [0.25, 0.3) is 11.4 Å². The molecule has 3 rings (SSSR count). The Bertz CT molecular complexity index is 635. The van der Waals surface area contributed by atoms with Crippen molar-refractivity contribution in [1.29, 1.82) is 0 Å². The summed E-state index contributed by atoms with van der Waals surface area (Å²) in [6.07, 6.45) is 10.2. The summed E-state index contributed by atoms with van der Waals surface area (Å²) >= 11 is 0. The van der Waals surface area contributed by atoms with E-state index in [1.54, 1.807) is 12.4 Å². The van der Waals surface area contributed by atoms with Crippen molar-refractivity contribution in [3.8, 4) is 11.4 Å². The Labute approximate surface area is 135 Å². The van der Waals surface area contributed by atoms with Gasteiger partial charge in [-0.3, -0.25) is 9.78 Å². The Morgan fingerprint density at radius 2 is 2.00 bits per heavy atom. The highest BCUT2D eigenvalue weighted by Crippen LogP contribution is 2.22. The number of rotatable bonds is 5. The van der Waals surface area contributed by atoms with Crippen LogP contribution in [0.4, 0.5) is 0 Å². The van der Waals surface area contributed by atoms with Gasteiger partial charge in [-0.2, -0.15) is 4.98 Å². The number of aromatic nitrogens is 3. The minimum atomic E-state index is 0.153. The molecular weight excluding hydrogens is 292 g/mol. The van der Waals surface area contributed by atoms with Crippen LogP contribution in [0.5, 0.6) is 0 Å². The first-order valence-electron chi connectivity index (χ1n) is 8.22. The van der Waals surface area contributed by atoms with E-state index < -0.39 is 0 Å². The van der Waals surface area contributed by atoms with Gasteiger partial charge in [0.15, 0.2) is 0 Å². The van der Waals surface area contributed by atoms with Gasteiger partial charge in [-0.1, -0.05) is 24.4 Å². The van der Waals surface area contributed by atoms with Gasteiger partial charge < -0.3 is 9.42 Å². The van der Waals surface area contributed by atoms with Crippen molar-refractivity contribution >= 4 is 5.91 Å². The maximum atomic E-state index is 12.3. The molecule has 23 heavy (non-hydrogen) atoms. The highest BCUT2D eigenvalue weighted by molar-refractivity contribution is 5.76. The maximum Gasteiger partial charge on any atom is 0.227 e. The molecule has 2 aromatic rings. The molecule has 0 unspecified atom stereocenters. The molecule has 1 fully saturated rings. The van der Waals surface area contributed by atoms with Crippen LogP contribution in [0.2, 0.25) is 0 Å². The average Bonchev–Trinajstić information content (AvgIpc) is 3.09. The molecule has 2 aromatic heterocycles. The summed E-state index contributed by atoms with van der Waals surface area (Å²) in [5.41, 5.74) is 0.862. The first-order chi connectivity index (χ1) is 11.2. The minimum absolute atomic E-state index is 0.153. The molecule has 1 aliphatic carbocycles. The van der Waals surface area contributed by atoms with Gasteiger partial charge in [0.05, 0.1) is 0 Å². The summed E-state index contributed by atoms with van der Waals surface area (Å²) < 4.78 is 5.24. The third-order valence-electron chi connectivity index (χ3n) is 4.48. The lowest BCUT2D eigenvalue weighted by atomic mass is 9.94. The smallest absolute Gasteiger partial charge is 0.227 e. The Hall–Kier alpha value is -2.24. The van der Waals surface area contributed by atoms with Gasteiger partial charge >= 0.3 is 0 Å². The molecule has 1 aliphatic rings. The largest absolute Gasteiger partial charge is 0.343 e. The van der Waals surface area contributed by atoms with Crippen molar-refractivity contribution in [3.63, 3.8) is 0 Å². The molecule has 0 saturated heterocycles. The molecule has 0 radical (unpaired) electrons. The van der Waals surface area contributed by atoms with Crippen LogP contribution in [0.1, 0.15) is 44.4 Å². The average molecular weight is 314 g/mol. The standard InChI is InChI=1S/C17H22N4O2/c1-21(14-5-3-2-4-6-14)16(22)8-7-15-19-17(20-23-15)13-9-11-18-12-10-13/h9-12,14H,2-8H2,1H3. The topological polar surface area (TPSA) is 72.1 Å². The van der Waals surface area contributed by atoms with Crippen LogP contribution < -0.4 is 0 Å². The highest BCUT2D eigenvalue weighted by atomic mass is 16.5. The molecule has 0 bridgehead atoms. The lowest BCUT2D eigenvalue weighted by Gasteiger charge is -2.31. The fraction of sp³-hybridized carbons (Fsp3) is 0.529. The maximum absolute atomic E-state index is 12.3. The van der Waals surface area contributed by atoms with Crippen molar-refractivity contribution in [2.45, 2.75) is 51.0 Å². The van der Waals surface area contributed by atoms with E-state index in [1.807, 2.05) is 24.1 Å². The molecule has 1 saturated carbocycles. The fourth-order valence-electron chi connectivity index (χ4n) is 3.04. The van der Waals surface area contributed by atoms with E-state index >= 15 is 0 Å². The van der Waals surface area contributed by atoms with Crippen LogP contribution in [0, 0.1) is 0 Å². The number of carbonyl (C=O) groups is 1. The zero-order valence-electron chi connectivity index (χ0n) is 13.4. The van der Waals surface area contributed by atoms with E-state index in [-0.39, 0.29) is 5.91 Å². The molecule has 2 heterocycles. The van der Waals surface area contributed by atoms with E-state index in [2.05, 4.69) is 15.1 Å². The van der Waals surface area contributed by atoms with Gasteiger partial charge in [0.25, 0.3) is 0 Å². The summed E-state index contributed by atoms with van der Waals surface area (Å²) in [5.74, 6) is 1.19. The summed E-state index contributed by atoms with van der Waals surface area (Å²) in [5, 5.41) is 3.96. The normalized spacial score (nSPS) is 15.5. The Kier molecular flexibility index (Phi) is 5.00. The Morgan fingerprint density at radius 1 is 1.26 bits per heavy atom. The van der Waals surface area contributed by atoms with Gasteiger partial charge in [0, 0.05) is 43.9 Å². The second-order valence-corrected chi connectivity index (χ2v) is 6.04. The predicted octanol–water partition coefficient (Wildman–Crippen LogP) is 2.86. The van der Waals surface area contributed by atoms with E-state index in [0.29, 0.717) is 30.6 Å². The third-order valence-corrected chi connectivity index (χ3v) is 4.48. The van der Waals surface area contributed by atoms with Crippen LogP contribution in [-0.2, 0) is 11.2 Å². The van der Waals surface area contributed by atoms with Gasteiger partial charge in [0.1, 0.15) is 0 Å². The molecule has 0 atom stereocenters. The molecule has 0 aromatic carbocycles. The monoisotopic (exact) mass is 314 g/mol. The van der Waals surface area contributed by atoms with Gasteiger partial charge in [0.2, 0.25) is 17.6 Å². The summed E-state index contributed by atoms with van der Waals surface area (Å²) in [6, 6.07) is 4.05. The van der Waals surface area contributed by atoms with Crippen molar-refractivity contribution in [2.75, 3.05) is 7.05 Å². The SMILES string of the molecule is CN(C(=O)CCc1nc(-c2ccncc2)no1)C1CCCCC1. The minimum Gasteiger partial charge on any atom is -0.343 e. The van der Waals surface area contributed by atoms with Crippen molar-refractivity contribution in [3.05, 3.63) is 30.4 Å².